The lowest BCUT2D eigenvalue weighted by Gasteiger charge is -2.07. The van der Waals surface area contributed by atoms with Crippen LogP contribution < -0.4 is 5.32 Å². The van der Waals surface area contributed by atoms with Crippen LogP contribution >= 0.6 is 11.6 Å². The number of carbonyl (C=O) groups excluding carboxylic acids is 1. The topological polar surface area (TPSA) is 44.9 Å². The first-order valence-electron chi connectivity index (χ1n) is 8.30. The molecule has 0 bridgehead atoms. The summed E-state index contributed by atoms with van der Waals surface area (Å²) in [5.74, 6) is -0.510. The molecule has 0 aliphatic rings. The molecule has 0 unspecified atom stereocenters. The van der Waals surface area contributed by atoms with Crippen molar-refractivity contribution in [1.29, 1.82) is 0 Å². The molecule has 1 amide bonds. The number of hydrogen-bond donors (Lipinski definition) is 2. The Bertz CT molecular complexity index is 1120. The highest BCUT2D eigenvalue weighted by Crippen LogP contribution is 2.26. The molecule has 5 heteroatoms. The summed E-state index contributed by atoms with van der Waals surface area (Å²) in [5, 5.41) is 5.53. The van der Waals surface area contributed by atoms with Crippen molar-refractivity contribution in [2.75, 3.05) is 0 Å². The van der Waals surface area contributed by atoms with Crippen molar-refractivity contribution in [3.63, 3.8) is 0 Å². The molecule has 0 radical (unpaired) electrons. The second-order valence-electron chi connectivity index (χ2n) is 6.24. The van der Waals surface area contributed by atoms with Crippen molar-refractivity contribution in [3.05, 3.63) is 82.6 Å². The highest BCUT2D eigenvalue weighted by molar-refractivity contribution is 6.31. The van der Waals surface area contributed by atoms with E-state index in [9.17, 15) is 9.18 Å². The number of aromatic nitrogens is 1. The molecule has 0 atom stereocenters. The lowest BCUT2D eigenvalue weighted by molar-refractivity contribution is -0.120. The minimum Gasteiger partial charge on any atom is -0.355 e. The van der Waals surface area contributed by atoms with Crippen LogP contribution in [0.15, 0.2) is 60.7 Å². The number of carbonyl (C=O) groups is 1. The Labute approximate surface area is 154 Å². The number of amides is 1. The van der Waals surface area contributed by atoms with Gasteiger partial charge in [0.1, 0.15) is 5.82 Å². The molecule has 130 valence electrons. The van der Waals surface area contributed by atoms with Crippen LogP contribution in [0.3, 0.4) is 0 Å². The summed E-state index contributed by atoms with van der Waals surface area (Å²) < 4.78 is 13.3. The zero-order valence-electron chi connectivity index (χ0n) is 13.9. The molecule has 1 heterocycles. The van der Waals surface area contributed by atoms with Crippen LogP contribution in [-0.2, 0) is 17.8 Å². The SMILES string of the molecule is O=C(Cc1ccc2c(c1)[nH]c1ccccc12)NCc1cc(F)ccc1Cl. The van der Waals surface area contributed by atoms with Crippen LogP contribution in [-0.4, -0.2) is 10.9 Å². The van der Waals surface area contributed by atoms with Crippen molar-refractivity contribution in [2.45, 2.75) is 13.0 Å². The highest BCUT2D eigenvalue weighted by atomic mass is 35.5. The molecular formula is C21H16ClFN2O. The first kappa shape index (κ1) is 16.6. The Hall–Kier alpha value is -2.85. The average molecular weight is 367 g/mol. The van der Waals surface area contributed by atoms with Crippen molar-refractivity contribution in [1.82, 2.24) is 10.3 Å². The lowest BCUT2D eigenvalue weighted by atomic mass is 10.1. The van der Waals surface area contributed by atoms with E-state index in [2.05, 4.69) is 16.4 Å². The summed E-state index contributed by atoms with van der Waals surface area (Å²) in [4.78, 5) is 15.6. The molecule has 2 N–H and O–H groups in total. The average Bonchev–Trinajstić information content (AvgIpc) is 3.00. The largest absolute Gasteiger partial charge is 0.355 e. The van der Waals surface area contributed by atoms with Crippen LogP contribution in [0.1, 0.15) is 11.1 Å². The molecule has 4 rings (SSSR count). The second-order valence-corrected chi connectivity index (χ2v) is 6.65. The molecule has 3 aromatic carbocycles. The maximum absolute atomic E-state index is 13.3. The number of halogens is 2. The van der Waals surface area contributed by atoms with E-state index in [0.29, 0.717) is 10.6 Å². The molecular weight excluding hydrogens is 351 g/mol. The fourth-order valence-corrected chi connectivity index (χ4v) is 3.32. The first-order valence-corrected chi connectivity index (χ1v) is 8.68. The smallest absolute Gasteiger partial charge is 0.224 e. The van der Waals surface area contributed by atoms with Gasteiger partial charge in [-0.05, 0) is 41.5 Å². The summed E-state index contributed by atoms with van der Waals surface area (Å²) in [6, 6.07) is 18.2. The first-order chi connectivity index (χ1) is 12.6. The molecule has 4 aromatic rings. The predicted molar refractivity (Wildman–Crippen MR) is 103 cm³/mol. The summed E-state index contributed by atoms with van der Waals surface area (Å²) in [7, 11) is 0. The molecule has 0 spiro atoms. The summed E-state index contributed by atoms with van der Waals surface area (Å²) >= 11 is 6.02. The monoisotopic (exact) mass is 366 g/mol. The van der Waals surface area contributed by atoms with Gasteiger partial charge >= 0.3 is 0 Å². The third kappa shape index (κ3) is 3.28. The van der Waals surface area contributed by atoms with E-state index in [4.69, 9.17) is 11.6 Å². The Balaban J connectivity index is 1.48. The van der Waals surface area contributed by atoms with E-state index >= 15 is 0 Å². The molecule has 0 saturated heterocycles. The number of H-pyrrole nitrogens is 1. The van der Waals surface area contributed by atoms with E-state index in [-0.39, 0.29) is 24.7 Å². The van der Waals surface area contributed by atoms with Gasteiger partial charge in [0.05, 0.1) is 6.42 Å². The molecule has 0 fully saturated rings. The third-order valence-corrected chi connectivity index (χ3v) is 4.79. The highest BCUT2D eigenvalue weighted by Gasteiger charge is 2.09. The molecule has 26 heavy (non-hydrogen) atoms. The number of hydrogen-bond acceptors (Lipinski definition) is 1. The van der Waals surface area contributed by atoms with E-state index in [1.54, 1.807) is 0 Å². The molecule has 3 nitrogen and oxygen atoms in total. The zero-order valence-corrected chi connectivity index (χ0v) is 14.6. The number of para-hydroxylation sites is 1. The Morgan fingerprint density at radius 2 is 1.81 bits per heavy atom. The van der Waals surface area contributed by atoms with Crippen LogP contribution in [0.5, 0.6) is 0 Å². The summed E-state index contributed by atoms with van der Waals surface area (Å²) in [5.41, 5.74) is 3.55. The van der Waals surface area contributed by atoms with Crippen molar-refractivity contribution < 1.29 is 9.18 Å². The Kier molecular flexibility index (Phi) is 4.35. The molecule has 0 aliphatic carbocycles. The van der Waals surface area contributed by atoms with Crippen molar-refractivity contribution in [2.24, 2.45) is 0 Å². The number of nitrogens with one attached hydrogen (secondary N) is 2. The van der Waals surface area contributed by atoms with Gasteiger partial charge in [-0.3, -0.25) is 4.79 Å². The number of aromatic amines is 1. The fourth-order valence-electron chi connectivity index (χ4n) is 3.13. The number of rotatable bonds is 4. The zero-order chi connectivity index (χ0) is 18.1. The van der Waals surface area contributed by atoms with Gasteiger partial charge < -0.3 is 10.3 Å². The van der Waals surface area contributed by atoms with Gasteiger partial charge in [-0.2, -0.15) is 0 Å². The van der Waals surface area contributed by atoms with Gasteiger partial charge in [-0.1, -0.05) is 41.9 Å². The lowest BCUT2D eigenvalue weighted by Crippen LogP contribution is -2.24. The quantitative estimate of drug-likeness (QED) is 0.526. The minimum atomic E-state index is -0.372. The van der Waals surface area contributed by atoms with Crippen LogP contribution in [0, 0.1) is 5.82 Å². The van der Waals surface area contributed by atoms with Crippen molar-refractivity contribution in [3.8, 4) is 0 Å². The summed E-state index contributed by atoms with van der Waals surface area (Å²) in [6.07, 6.45) is 0.248. The molecule has 1 aromatic heterocycles. The van der Waals surface area contributed by atoms with Gasteiger partial charge in [-0.25, -0.2) is 4.39 Å². The number of fused-ring (bicyclic) bond motifs is 3. The van der Waals surface area contributed by atoms with Gasteiger partial charge in [0.2, 0.25) is 5.91 Å². The second kappa shape index (κ2) is 6.81. The predicted octanol–water partition coefficient (Wildman–Crippen LogP) is 4.97. The normalized spacial score (nSPS) is 11.2. The van der Waals surface area contributed by atoms with E-state index < -0.39 is 0 Å². The fraction of sp³-hybridized carbons (Fsp3) is 0.0952. The molecule has 0 aliphatic heterocycles. The van der Waals surface area contributed by atoms with E-state index in [1.807, 2.05) is 36.4 Å². The standard InChI is InChI=1S/C21H16ClFN2O/c22-18-8-6-15(23)11-14(18)12-24-21(26)10-13-5-7-17-16-3-1-2-4-19(16)25-20(17)9-13/h1-9,11,25H,10,12H2,(H,24,26). The van der Waals surface area contributed by atoms with Crippen LogP contribution in [0.25, 0.3) is 21.8 Å². The van der Waals surface area contributed by atoms with Gasteiger partial charge in [0, 0.05) is 33.4 Å². The maximum atomic E-state index is 13.3. The van der Waals surface area contributed by atoms with E-state index in [0.717, 1.165) is 22.0 Å². The maximum Gasteiger partial charge on any atom is 0.224 e. The van der Waals surface area contributed by atoms with Gasteiger partial charge in [-0.15, -0.1) is 0 Å². The number of benzene rings is 3. The Morgan fingerprint density at radius 1 is 1.00 bits per heavy atom. The molecule has 0 saturated carbocycles. The Morgan fingerprint density at radius 3 is 2.69 bits per heavy atom. The minimum absolute atomic E-state index is 0.138. The van der Waals surface area contributed by atoms with Gasteiger partial charge in [0.15, 0.2) is 0 Å². The van der Waals surface area contributed by atoms with Crippen LogP contribution in [0.2, 0.25) is 5.02 Å². The van der Waals surface area contributed by atoms with E-state index in [1.165, 1.54) is 23.6 Å². The third-order valence-electron chi connectivity index (χ3n) is 4.42. The van der Waals surface area contributed by atoms with Gasteiger partial charge in [0.25, 0.3) is 0 Å². The van der Waals surface area contributed by atoms with Crippen molar-refractivity contribution >= 4 is 39.3 Å². The van der Waals surface area contributed by atoms with Crippen LogP contribution in [0.4, 0.5) is 4.39 Å². The summed E-state index contributed by atoms with van der Waals surface area (Å²) in [6.45, 7) is 0.198.